The maximum absolute atomic E-state index is 13.5. The smallest absolute Gasteiger partial charge is 0.243 e. The van der Waals surface area contributed by atoms with E-state index in [-0.39, 0.29) is 23.9 Å². The van der Waals surface area contributed by atoms with Gasteiger partial charge in [0.2, 0.25) is 15.9 Å². The molecule has 30 heavy (non-hydrogen) atoms. The van der Waals surface area contributed by atoms with Gasteiger partial charge in [-0.25, -0.2) is 17.2 Å². The number of hydrogen-bond acceptors (Lipinski definition) is 4. The monoisotopic (exact) mass is 438 g/mol. The number of nitrogens with zero attached hydrogens (tertiary/aromatic N) is 1. The van der Waals surface area contributed by atoms with Gasteiger partial charge in [-0.15, -0.1) is 0 Å². The van der Waals surface area contributed by atoms with Gasteiger partial charge in [0.25, 0.3) is 0 Å². The molecule has 0 radical (unpaired) electrons. The van der Waals surface area contributed by atoms with Gasteiger partial charge in [-0.3, -0.25) is 4.79 Å². The number of carbonyl (C=O) groups is 1. The Balaban J connectivity index is 1.71. The molecule has 6 nitrogen and oxygen atoms in total. The Bertz CT molecular complexity index is 1030. The molecule has 0 bridgehead atoms. The third-order valence-electron chi connectivity index (χ3n) is 5.35. The molecule has 1 N–H and O–H groups in total. The van der Waals surface area contributed by atoms with Crippen LogP contribution < -0.4 is 10.1 Å². The van der Waals surface area contributed by atoms with Crippen LogP contribution in [-0.2, 0) is 21.4 Å². The van der Waals surface area contributed by atoms with E-state index in [0.717, 1.165) is 22.0 Å². The first-order chi connectivity index (χ1) is 14.2. The SMILES string of the molecule is COc1ccc(CNC(=O)[C@@]2(C)CCCN(S(=O)(=O)c3ccc(F)c(F)c3)C2)cc1. The fourth-order valence-electron chi connectivity index (χ4n) is 3.51. The molecule has 3 rings (SSSR count). The average molecular weight is 438 g/mol. The number of ether oxygens (including phenoxy) is 1. The fourth-order valence-corrected chi connectivity index (χ4v) is 5.12. The number of hydrogen-bond donors (Lipinski definition) is 1. The van der Waals surface area contributed by atoms with Crippen LogP contribution in [0.25, 0.3) is 0 Å². The molecule has 0 spiro atoms. The van der Waals surface area contributed by atoms with Gasteiger partial charge in [-0.1, -0.05) is 12.1 Å². The Hall–Kier alpha value is -2.52. The van der Waals surface area contributed by atoms with Crippen molar-refractivity contribution in [3.8, 4) is 5.75 Å². The maximum atomic E-state index is 13.5. The molecule has 2 aromatic carbocycles. The molecule has 2 aromatic rings. The second-order valence-corrected chi connectivity index (χ2v) is 9.55. The lowest BCUT2D eigenvalue weighted by atomic mass is 9.82. The summed E-state index contributed by atoms with van der Waals surface area (Å²) in [4.78, 5) is 12.5. The molecule has 162 valence electrons. The second kappa shape index (κ2) is 8.69. The van der Waals surface area contributed by atoms with Gasteiger partial charge in [0.1, 0.15) is 5.75 Å². The molecule has 9 heteroatoms. The summed E-state index contributed by atoms with van der Waals surface area (Å²) < 4.78 is 58.8. The molecule has 0 aliphatic carbocycles. The summed E-state index contributed by atoms with van der Waals surface area (Å²) in [5.74, 6) is -1.89. The van der Waals surface area contributed by atoms with Crippen molar-refractivity contribution in [1.82, 2.24) is 9.62 Å². The molecular formula is C21H24F2N2O4S. The minimum Gasteiger partial charge on any atom is -0.497 e. The standard InChI is InChI=1S/C21H24F2N2O4S/c1-21(20(26)24-13-15-4-6-16(29-2)7-5-15)10-3-11-25(14-21)30(27,28)17-8-9-18(22)19(23)12-17/h4-9,12H,3,10-11,13-14H2,1-2H3,(H,24,26)/t21-/m0/s1. The van der Waals surface area contributed by atoms with Crippen LogP contribution in [0.1, 0.15) is 25.3 Å². The third-order valence-corrected chi connectivity index (χ3v) is 7.19. The molecule has 1 atom stereocenters. The molecular weight excluding hydrogens is 414 g/mol. The first-order valence-electron chi connectivity index (χ1n) is 9.52. The number of halogens is 2. The zero-order chi connectivity index (χ0) is 21.9. The predicted molar refractivity (Wildman–Crippen MR) is 107 cm³/mol. The zero-order valence-corrected chi connectivity index (χ0v) is 17.6. The average Bonchev–Trinajstić information content (AvgIpc) is 2.74. The van der Waals surface area contributed by atoms with E-state index in [0.29, 0.717) is 31.2 Å². The highest BCUT2D eigenvalue weighted by molar-refractivity contribution is 7.89. The molecule has 0 unspecified atom stereocenters. The van der Waals surface area contributed by atoms with Gasteiger partial charge in [0.15, 0.2) is 11.6 Å². The first-order valence-corrected chi connectivity index (χ1v) is 11.0. The van der Waals surface area contributed by atoms with Crippen molar-refractivity contribution < 1.29 is 26.7 Å². The quantitative estimate of drug-likeness (QED) is 0.752. The summed E-state index contributed by atoms with van der Waals surface area (Å²) in [6, 6.07) is 9.74. The van der Waals surface area contributed by atoms with Gasteiger partial charge in [0, 0.05) is 19.6 Å². The van der Waals surface area contributed by atoms with Crippen molar-refractivity contribution in [2.24, 2.45) is 5.41 Å². The van der Waals surface area contributed by atoms with Crippen LogP contribution in [0.4, 0.5) is 8.78 Å². The fraction of sp³-hybridized carbons (Fsp3) is 0.381. The zero-order valence-electron chi connectivity index (χ0n) is 16.8. The molecule has 1 aliphatic rings. The van der Waals surface area contributed by atoms with Gasteiger partial charge in [-0.2, -0.15) is 4.31 Å². The van der Waals surface area contributed by atoms with Crippen LogP contribution in [0, 0.1) is 17.0 Å². The highest BCUT2D eigenvalue weighted by atomic mass is 32.2. The minimum atomic E-state index is -4.05. The van der Waals surface area contributed by atoms with Crippen LogP contribution in [0.15, 0.2) is 47.4 Å². The van der Waals surface area contributed by atoms with Gasteiger partial charge in [-0.05, 0) is 55.7 Å². The van der Waals surface area contributed by atoms with Crippen LogP contribution in [0.2, 0.25) is 0 Å². The van der Waals surface area contributed by atoms with Crippen LogP contribution >= 0.6 is 0 Å². The van der Waals surface area contributed by atoms with E-state index in [2.05, 4.69) is 5.32 Å². The highest BCUT2D eigenvalue weighted by Crippen LogP contribution is 2.33. The lowest BCUT2D eigenvalue weighted by Gasteiger charge is -2.38. The normalized spacial score (nSPS) is 20.0. The van der Waals surface area contributed by atoms with Crippen molar-refractivity contribution in [3.63, 3.8) is 0 Å². The summed E-state index contributed by atoms with van der Waals surface area (Å²) in [5, 5.41) is 2.86. The number of methoxy groups -OCH3 is 1. The first kappa shape index (κ1) is 22.2. The van der Waals surface area contributed by atoms with Crippen LogP contribution in [-0.4, -0.2) is 38.8 Å². The van der Waals surface area contributed by atoms with Crippen molar-refractivity contribution in [3.05, 3.63) is 59.7 Å². The third kappa shape index (κ3) is 4.62. The number of piperidine rings is 1. The van der Waals surface area contributed by atoms with Crippen LogP contribution in [0.3, 0.4) is 0 Å². The Morgan fingerprint density at radius 1 is 1.17 bits per heavy atom. The molecule has 1 fully saturated rings. The minimum absolute atomic E-state index is 0.0389. The molecule has 1 heterocycles. The Morgan fingerprint density at radius 2 is 1.87 bits per heavy atom. The summed E-state index contributed by atoms with van der Waals surface area (Å²) in [6.07, 6.45) is 1.00. The van der Waals surface area contributed by atoms with E-state index in [1.807, 2.05) is 12.1 Å². The highest BCUT2D eigenvalue weighted by Gasteiger charge is 2.42. The van der Waals surface area contributed by atoms with Gasteiger partial charge >= 0.3 is 0 Å². The number of nitrogens with one attached hydrogen (secondary N) is 1. The summed E-state index contributed by atoms with van der Waals surface area (Å²) in [6.45, 7) is 2.18. The van der Waals surface area contributed by atoms with Crippen molar-refractivity contribution in [2.75, 3.05) is 20.2 Å². The lowest BCUT2D eigenvalue weighted by Crippen LogP contribution is -2.51. The molecule has 0 saturated carbocycles. The Labute approximate surface area is 174 Å². The maximum Gasteiger partial charge on any atom is 0.243 e. The van der Waals surface area contributed by atoms with Crippen molar-refractivity contribution >= 4 is 15.9 Å². The van der Waals surface area contributed by atoms with E-state index in [1.54, 1.807) is 26.2 Å². The largest absolute Gasteiger partial charge is 0.497 e. The van der Waals surface area contributed by atoms with E-state index in [9.17, 15) is 22.0 Å². The topological polar surface area (TPSA) is 75.7 Å². The van der Waals surface area contributed by atoms with Crippen molar-refractivity contribution in [2.45, 2.75) is 31.2 Å². The van der Waals surface area contributed by atoms with E-state index in [4.69, 9.17) is 4.74 Å². The lowest BCUT2D eigenvalue weighted by molar-refractivity contribution is -0.132. The van der Waals surface area contributed by atoms with E-state index < -0.39 is 27.1 Å². The summed E-state index contributed by atoms with van der Waals surface area (Å²) in [7, 11) is -2.48. The number of benzene rings is 2. The predicted octanol–water partition coefficient (Wildman–Crippen LogP) is 3.08. The molecule has 1 saturated heterocycles. The van der Waals surface area contributed by atoms with Gasteiger partial charge < -0.3 is 10.1 Å². The molecule has 1 aliphatic heterocycles. The van der Waals surface area contributed by atoms with E-state index >= 15 is 0 Å². The summed E-state index contributed by atoms with van der Waals surface area (Å²) in [5.41, 5.74) is -0.0501. The molecule has 0 aromatic heterocycles. The van der Waals surface area contributed by atoms with E-state index in [1.165, 1.54) is 0 Å². The van der Waals surface area contributed by atoms with Crippen molar-refractivity contribution in [1.29, 1.82) is 0 Å². The Kier molecular flexibility index (Phi) is 6.42. The molecule has 1 amide bonds. The number of sulfonamides is 1. The Morgan fingerprint density at radius 3 is 2.50 bits per heavy atom. The number of amides is 1. The number of rotatable bonds is 6. The number of carbonyl (C=O) groups excluding carboxylic acids is 1. The summed E-state index contributed by atoms with van der Waals surface area (Å²) >= 11 is 0. The van der Waals surface area contributed by atoms with Gasteiger partial charge in [0.05, 0.1) is 17.4 Å². The van der Waals surface area contributed by atoms with Crippen LogP contribution in [0.5, 0.6) is 5.75 Å². The second-order valence-electron chi connectivity index (χ2n) is 7.61.